The first-order valence-corrected chi connectivity index (χ1v) is 6.33. The quantitative estimate of drug-likeness (QED) is 0.448. The molecule has 0 saturated carbocycles. The molecule has 0 radical (unpaired) electrons. The fraction of sp³-hybridized carbons (Fsp3) is 0.545. The van der Waals surface area contributed by atoms with E-state index >= 15 is 0 Å². The lowest BCUT2D eigenvalue weighted by Gasteiger charge is -2.38. The number of hydrogen-bond acceptors (Lipinski definition) is 6. The van der Waals surface area contributed by atoms with Crippen LogP contribution in [0.5, 0.6) is 0 Å². The number of ether oxygens (including phenoxy) is 1. The van der Waals surface area contributed by atoms with Crippen molar-refractivity contribution in [3.8, 4) is 0 Å². The molecule has 21 heavy (non-hydrogen) atoms. The summed E-state index contributed by atoms with van der Waals surface area (Å²) in [6.45, 7) is -0.437. The monoisotopic (exact) mass is 318 g/mol. The molecule has 0 unspecified atom stereocenters. The minimum Gasteiger partial charge on any atom is -0.481 e. The molecule has 116 valence electrons. The van der Waals surface area contributed by atoms with Crippen molar-refractivity contribution in [3.05, 3.63) is 0 Å². The number of methoxy groups -OCH3 is 1. The molecule has 0 atom stereocenters. The highest BCUT2D eigenvalue weighted by atomic mass is 32.1. The van der Waals surface area contributed by atoms with Crippen LogP contribution >= 0.6 is 12.2 Å². The third-order valence-electron chi connectivity index (χ3n) is 2.78. The summed E-state index contributed by atoms with van der Waals surface area (Å²) in [7, 11) is 1.15. The first kappa shape index (κ1) is 17.0. The van der Waals surface area contributed by atoms with Gasteiger partial charge in [-0.3, -0.25) is 29.0 Å². The van der Waals surface area contributed by atoms with E-state index in [0.29, 0.717) is 0 Å². The first-order chi connectivity index (χ1) is 9.79. The van der Waals surface area contributed by atoms with E-state index in [1.165, 1.54) is 0 Å². The predicted molar refractivity (Wildman–Crippen MR) is 71.3 cm³/mol. The van der Waals surface area contributed by atoms with Gasteiger partial charge in [0.1, 0.15) is 0 Å². The molecule has 9 nitrogen and oxygen atoms in total. The van der Waals surface area contributed by atoms with Gasteiger partial charge in [-0.15, -0.1) is 0 Å². The number of thiocarbonyl (C=S) groups is 1. The van der Waals surface area contributed by atoms with Crippen LogP contribution in [0.25, 0.3) is 0 Å². The van der Waals surface area contributed by atoms with Crippen molar-refractivity contribution in [1.82, 2.24) is 9.80 Å². The molecular weight excluding hydrogens is 304 g/mol. The van der Waals surface area contributed by atoms with E-state index in [-0.39, 0.29) is 31.0 Å². The van der Waals surface area contributed by atoms with Crippen molar-refractivity contribution in [1.29, 1.82) is 0 Å². The Labute approximate surface area is 125 Å². The molecule has 2 N–H and O–H groups in total. The van der Waals surface area contributed by atoms with Crippen molar-refractivity contribution < 1.29 is 34.1 Å². The summed E-state index contributed by atoms with van der Waals surface area (Å²) in [6, 6.07) is 0. The maximum absolute atomic E-state index is 12.0. The summed E-state index contributed by atoms with van der Waals surface area (Å²) >= 11 is 4.98. The van der Waals surface area contributed by atoms with Crippen LogP contribution in [-0.4, -0.2) is 75.2 Å². The van der Waals surface area contributed by atoms with Crippen molar-refractivity contribution in [2.24, 2.45) is 0 Å². The smallest absolute Gasteiger partial charge is 0.305 e. The van der Waals surface area contributed by atoms with Gasteiger partial charge in [0.2, 0.25) is 6.10 Å². The second-order valence-electron chi connectivity index (χ2n) is 4.17. The van der Waals surface area contributed by atoms with Gasteiger partial charge < -0.3 is 14.9 Å². The van der Waals surface area contributed by atoms with Crippen LogP contribution in [0.15, 0.2) is 0 Å². The van der Waals surface area contributed by atoms with Crippen LogP contribution in [-0.2, 0) is 23.9 Å². The van der Waals surface area contributed by atoms with Crippen molar-refractivity contribution in [2.75, 3.05) is 20.2 Å². The van der Waals surface area contributed by atoms with Gasteiger partial charge >= 0.3 is 11.9 Å². The van der Waals surface area contributed by atoms with Crippen molar-refractivity contribution in [2.45, 2.75) is 18.9 Å². The van der Waals surface area contributed by atoms with Gasteiger partial charge in [0.25, 0.3) is 11.8 Å². The average molecular weight is 318 g/mol. The number of aliphatic carboxylic acids is 2. The molecule has 10 heteroatoms. The largest absolute Gasteiger partial charge is 0.481 e. The van der Waals surface area contributed by atoms with Gasteiger partial charge in [-0.2, -0.15) is 0 Å². The Morgan fingerprint density at radius 3 is 1.76 bits per heavy atom. The van der Waals surface area contributed by atoms with E-state index < -0.39 is 29.9 Å². The summed E-state index contributed by atoms with van der Waals surface area (Å²) in [4.78, 5) is 47.1. The van der Waals surface area contributed by atoms with E-state index in [9.17, 15) is 19.2 Å². The summed E-state index contributed by atoms with van der Waals surface area (Å²) in [5.41, 5.74) is 0. The Bertz CT molecular complexity index is 453. The second kappa shape index (κ2) is 7.09. The van der Waals surface area contributed by atoms with Gasteiger partial charge in [-0.1, -0.05) is 0 Å². The topological polar surface area (TPSA) is 124 Å². The summed E-state index contributed by atoms with van der Waals surface area (Å²) in [6.07, 6.45) is -2.16. The summed E-state index contributed by atoms with van der Waals surface area (Å²) in [5, 5.41) is 17.1. The van der Waals surface area contributed by atoms with Crippen LogP contribution in [0, 0.1) is 0 Å². The van der Waals surface area contributed by atoms with E-state index in [4.69, 9.17) is 27.2 Å². The molecule has 0 aromatic rings. The number of nitrogens with zero attached hydrogens (tertiary/aromatic N) is 2. The zero-order chi connectivity index (χ0) is 16.2. The number of amides is 2. The van der Waals surface area contributed by atoms with Crippen LogP contribution in [0.3, 0.4) is 0 Å². The first-order valence-electron chi connectivity index (χ1n) is 5.92. The SMILES string of the molecule is COC1C(=O)N(CCC(=O)O)C(=S)N(CCC(=O)O)C1=O. The predicted octanol–water partition coefficient (Wildman–Crippen LogP) is -1.09. The molecule has 2 amide bonds. The maximum atomic E-state index is 12.0. The van der Waals surface area contributed by atoms with Crippen molar-refractivity contribution in [3.63, 3.8) is 0 Å². The third-order valence-corrected chi connectivity index (χ3v) is 3.22. The summed E-state index contributed by atoms with van der Waals surface area (Å²) in [5.74, 6) is -3.76. The lowest BCUT2D eigenvalue weighted by Crippen LogP contribution is -2.63. The second-order valence-corrected chi connectivity index (χ2v) is 4.53. The maximum Gasteiger partial charge on any atom is 0.305 e. The van der Waals surface area contributed by atoms with Crippen LogP contribution < -0.4 is 0 Å². The Morgan fingerprint density at radius 1 is 1.10 bits per heavy atom. The molecule has 0 aromatic heterocycles. The van der Waals surface area contributed by atoms with Gasteiger partial charge in [0.05, 0.1) is 12.8 Å². The molecule has 0 spiro atoms. The minimum absolute atomic E-state index is 0.208. The molecule has 1 rings (SSSR count). The summed E-state index contributed by atoms with van der Waals surface area (Å²) < 4.78 is 4.80. The van der Waals surface area contributed by atoms with E-state index in [0.717, 1.165) is 16.9 Å². The van der Waals surface area contributed by atoms with E-state index in [1.807, 2.05) is 0 Å². The molecule has 1 saturated heterocycles. The minimum atomic E-state index is -1.45. The van der Waals surface area contributed by atoms with Gasteiger partial charge in [-0.25, -0.2) is 0 Å². The molecule has 0 aromatic carbocycles. The fourth-order valence-electron chi connectivity index (χ4n) is 1.75. The third kappa shape index (κ3) is 3.95. The standard InChI is InChI=1S/C11H14N2O7S/c1-20-8-9(18)12(4-2-6(14)15)11(21)13(10(8)19)5-3-7(16)17/h8H,2-5H2,1H3,(H,14,15)(H,16,17). The zero-order valence-electron chi connectivity index (χ0n) is 11.1. The lowest BCUT2D eigenvalue weighted by atomic mass is 10.2. The number of carboxylic acids is 2. The molecule has 1 aliphatic rings. The van der Waals surface area contributed by atoms with Gasteiger partial charge in [0, 0.05) is 20.2 Å². The number of rotatable bonds is 7. The average Bonchev–Trinajstić information content (AvgIpc) is 2.38. The highest BCUT2D eigenvalue weighted by Gasteiger charge is 2.43. The fourth-order valence-corrected chi connectivity index (χ4v) is 2.11. The highest BCUT2D eigenvalue weighted by molar-refractivity contribution is 7.80. The van der Waals surface area contributed by atoms with E-state index in [1.54, 1.807) is 0 Å². The van der Waals surface area contributed by atoms with Gasteiger partial charge in [-0.05, 0) is 12.2 Å². The number of carbonyl (C=O) groups excluding carboxylic acids is 2. The Balaban J connectivity index is 2.94. The normalized spacial score (nSPS) is 16.5. The van der Waals surface area contributed by atoms with E-state index in [2.05, 4.69) is 0 Å². The Kier molecular flexibility index (Phi) is 5.73. The Morgan fingerprint density at radius 2 is 1.48 bits per heavy atom. The van der Waals surface area contributed by atoms with Gasteiger partial charge in [0.15, 0.2) is 5.11 Å². The van der Waals surface area contributed by atoms with Crippen molar-refractivity contribution >= 4 is 41.1 Å². The molecule has 0 bridgehead atoms. The molecule has 1 heterocycles. The number of carboxylic acid groups (broad SMARTS) is 2. The highest BCUT2D eigenvalue weighted by Crippen LogP contribution is 2.16. The molecule has 1 aliphatic heterocycles. The Hall–Kier alpha value is -2.07. The molecule has 0 aliphatic carbocycles. The molecule has 1 fully saturated rings. The number of carbonyl (C=O) groups is 4. The molecular formula is C11H14N2O7S. The van der Waals surface area contributed by atoms with Crippen LogP contribution in [0.1, 0.15) is 12.8 Å². The zero-order valence-corrected chi connectivity index (χ0v) is 12.0. The van der Waals surface area contributed by atoms with Crippen LogP contribution in [0.4, 0.5) is 0 Å². The lowest BCUT2D eigenvalue weighted by molar-refractivity contribution is -0.155. The number of hydrogen-bond donors (Lipinski definition) is 2. The van der Waals surface area contributed by atoms with Crippen LogP contribution in [0.2, 0.25) is 0 Å².